The molecule has 3 aromatic rings. The molecule has 8 heteroatoms. The quantitative estimate of drug-likeness (QED) is 0.682. The lowest BCUT2D eigenvalue weighted by molar-refractivity contribution is 0.0738. The van der Waals surface area contributed by atoms with Crippen molar-refractivity contribution in [3.8, 4) is 0 Å². The van der Waals surface area contributed by atoms with Crippen LogP contribution in [0.2, 0.25) is 0 Å². The van der Waals surface area contributed by atoms with Gasteiger partial charge in [-0.3, -0.25) is 9.59 Å². The molecule has 0 radical (unpaired) electrons. The van der Waals surface area contributed by atoms with E-state index >= 15 is 0 Å². The first-order valence-electron chi connectivity index (χ1n) is 8.88. The maximum Gasteiger partial charge on any atom is 0.277 e. The van der Waals surface area contributed by atoms with E-state index in [2.05, 4.69) is 47.1 Å². The van der Waals surface area contributed by atoms with Crippen molar-refractivity contribution in [3.05, 3.63) is 51.7 Å². The van der Waals surface area contributed by atoms with Crippen LogP contribution in [0.15, 0.2) is 33.8 Å². The Kier molecular flexibility index (Phi) is 4.18. The Bertz CT molecular complexity index is 1080. The Morgan fingerprint density at radius 3 is 2.59 bits per heavy atom. The van der Waals surface area contributed by atoms with Crippen LogP contribution in [0.25, 0.3) is 11.1 Å². The number of anilines is 1. The molecule has 8 nitrogen and oxygen atoms in total. The SMILES string of the molecule is Cc1ccc(N2CCN(C(=O)c3noc4ncn(C)c(=O)c34)CC2)c(C)c1. The molecule has 1 aliphatic heterocycles. The Hall–Kier alpha value is -3.16. The minimum absolute atomic E-state index is 0.0404. The Morgan fingerprint density at radius 1 is 1.15 bits per heavy atom. The predicted octanol–water partition coefficient (Wildman–Crippen LogP) is 1.50. The summed E-state index contributed by atoms with van der Waals surface area (Å²) in [6.45, 7) is 6.74. The molecule has 0 unspecified atom stereocenters. The molecule has 0 bridgehead atoms. The average molecular weight is 367 g/mol. The zero-order valence-electron chi connectivity index (χ0n) is 15.6. The second kappa shape index (κ2) is 6.53. The summed E-state index contributed by atoms with van der Waals surface area (Å²) in [6, 6.07) is 6.39. The van der Waals surface area contributed by atoms with Gasteiger partial charge in [-0.25, -0.2) is 4.98 Å². The lowest BCUT2D eigenvalue weighted by Gasteiger charge is -2.36. The molecule has 2 aromatic heterocycles. The zero-order chi connectivity index (χ0) is 19.1. The number of benzene rings is 1. The minimum Gasteiger partial charge on any atom is -0.368 e. The number of piperazine rings is 1. The summed E-state index contributed by atoms with van der Waals surface area (Å²) in [5, 5.41) is 3.96. The second-order valence-electron chi connectivity index (χ2n) is 6.94. The summed E-state index contributed by atoms with van der Waals surface area (Å²) in [5.41, 5.74) is 3.45. The van der Waals surface area contributed by atoms with E-state index < -0.39 is 0 Å². The van der Waals surface area contributed by atoms with Gasteiger partial charge in [-0.05, 0) is 25.5 Å². The highest BCUT2D eigenvalue weighted by molar-refractivity contribution is 6.03. The molecule has 1 saturated heterocycles. The summed E-state index contributed by atoms with van der Waals surface area (Å²) in [7, 11) is 1.58. The van der Waals surface area contributed by atoms with Crippen molar-refractivity contribution in [2.45, 2.75) is 13.8 Å². The predicted molar refractivity (Wildman–Crippen MR) is 101 cm³/mol. The second-order valence-corrected chi connectivity index (χ2v) is 6.94. The lowest BCUT2D eigenvalue weighted by Crippen LogP contribution is -2.49. The third-order valence-corrected chi connectivity index (χ3v) is 5.02. The summed E-state index contributed by atoms with van der Waals surface area (Å²) in [5.74, 6) is -0.292. The van der Waals surface area contributed by atoms with E-state index in [-0.39, 0.29) is 28.3 Å². The molecule has 0 atom stereocenters. The van der Waals surface area contributed by atoms with Gasteiger partial charge in [0.1, 0.15) is 11.7 Å². The first-order valence-corrected chi connectivity index (χ1v) is 8.88. The topological polar surface area (TPSA) is 84.5 Å². The van der Waals surface area contributed by atoms with Gasteiger partial charge in [0.15, 0.2) is 5.69 Å². The average Bonchev–Trinajstić information content (AvgIpc) is 3.09. The Balaban J connectivity index is 1.54. The van der Waals surface area contributed by atoms with Crippen LogP contribution in [-0.2, 0) is 7.05 Å². The highest BCUT2D eigenvalue weighted by atomic mass is 16.5. The Morgan fingerprint density at radius 2 is 1.89 bits per heavy atom. The van der Waals surface area contributed by atoms with Crippen LogP contribution in [-0.4, -0.2) is 51.7 Å². The minimum atomic E-state index is -0.335. The largest absolute Gasteiger partial charge is 0.368 e. The number of hydrogen-bond donors (Lipinski definition) is 0. The first-order chi connectivity index (χ1) is 13.0. The monoisotopic (exact) mass is 367 g/mol. The van der Waals surface area contributed by atoms with Gasteiger partial charge >= 0.3 is 0 Å². The molecule has 0 saturated carbocycles. The van der Waals surface area contributed by atoms with E-state index in [9.17, 15) is 9.59 Å². The van der Waals surface area contributed by atoms with E-state index in [1.807, 2.05) is 0 Å². The molecule has 3 heterocycles. The standard InChI is InChI=1S/C19H21N5O3/c1-12-4-5-14(13(2)10-12)23-6-8-24(9-7-23)19(26)16-15-17(27-21-16)20-11-22(3)18(15)25/h4-5,10-11H,6-9H2,1-3H3. The molecule has 140 valence electrons. The van der Waals surface area contributed by atoms with Gasteiger partial charge in [-0.1, -0.05) is 22.9 Å². The first kappa shape index (κ1) is 17.3. The van der Waals surface area contributed by atoms with E-state index in [4.69, 9.17) is 4.52 Å². The third kappa shape index (κ3) is 2.97. The highest BCUT2D eigenvalue weighted by Gasteiger charge is 2.28. The maximum absolute atomic E-state index is 12.9. The van der Waals surface area contributed by atoms with E-state index in [1.165, 1.54) is 27.7 Å². The Labute approximate surface area is 156 Å². The van der Waals surface area contributed by atoms with Crippen molar-refractivity contribution < 1.29 is 9.32 Å². The van der Waals surface area contributed by atoms with Crippen molar-refractivity contribution >= 4 is 22.7 Å². The van der Waals surface area contributed by atoms with Crippen LogP contribution in [0.1, 0.15) is 21.6 Å². The molecule has 1 aromatic carbocycles. The number of carbonyl (C=O) groups excluding carboxylic acids is 1. The zero-order valence-corrected chi connectivity index (χ0v) is 15.6. The number of fused-ring (bicyclic) bond motifs is 1. The van der Waals surface area contributed by atoms with Crippen LogP contribution in [0, 0.1) is 13.8 Å². The number of hydrogen-bond acceptors (Lipinski definition) is 6. The highest BCUT2D eigenvalue weighted by Crippen LogP contribution is 2.23. The molecule has 1 amide bonds. The summed E-state index contributed by atoms with van der Waals surface area (Å²) in [4.78, 5) is 33.2. The van der Waals surface area contributed by atoms with E-state index in [1.54, 1.807) is 11.9 Å². The van der Waals surface area contributed by atoms with Crippen molar-refractivity contribution in [3.63, 3.8) is 0 Å². The van der Waals surface area contributed by atoms with Crippen molar-refractivity contribution in [1.82, 2.24) is 19.6 Å². The fraction of sp³-hybridized carbons (Fsp3) is 0.368. The van der Waals surface area contributed by atoms with E-state index in [0.717, 1.165) is 13.1 Å². The fourth-order valence-electron chi connectivity index (χ4n) is 3.54. The lowest BCUT2D eigenvalue weighted by atomic mass is 10.1. The van der Waals surface area contributed by atoms with E-state index in [0.29, 0.717) is 13.1 Å². The van der Waals surface area contributed by atoms with Gasteiger partial charge in [-0.2, -0.15) is 0 Å². The number of aromatic nitrogens is 3. The van der Waals surface area contributed by atoms with Gasteiger partial charge in [0.25, 0.3) is 17.2 Å². The van der Waals surface area contributed by atoms with Crippen molar-refractivity contribution in [2.75, 3.05) is 31.1 Å². The van der Waals surface area contributed by atoms with Gasteiger partial charge in [0, 0.05) is 38.9 Å². The number of aryl methyl sites for hydroxylation is 3. The number of rotatable bonds is 2. The van der Waals surface area contributed by atoms with Crippen LogP contribution in [0.3, 0.4) is 0 Å². The number of amides is 1. The van der Waals surface area contributed by atoms with Crippen molar-refractivity contribution in [2.24, 2.45) is 7.05 Å². The van der Waals surface area contributed by atoms with Crippen LogP contribution >= 0.6 is 0 Å². The molecule has 1 fully saturated rings. The number of nitrogens with zero attached hydrogens (tertiary/aromatic N) is 5. The normalized spacial score (nSPS) is 14.8. The molecule has 27 heavy (non-hydrogen) atoms. The molecule has 4 rings (SSSR count). The van der Waals surface area contributed by atoms with Crippen molar-refractivity contribution in [1.29, 1.82) is 0 Å². The summed E-state index contributed by atoms with van der Waals surface area (Å²) >= 11 is 0. The molecule has 0 spiro atoms. The summed E-state index contributed by atoms with van der Waals surface area (Å²) < 4.78 is 6.40. The molecular weight excluding hydrogens is 346 g/mol. The van der Waals surface area contributed by atoms with Gasteiger partial charge in [-0.15, -0.1) is 0 Å². The van der Waals surface area contributed by atoms with Gasteiger partial charge in [0.2, 0.25) is 0 Å². The van der Waals surface area contributed by atoms with Gasteiger partial charge < -0.3 is 18.9 Å². The van der Waals surface area contributed by atoms with Crippen LogP contribution < -0.4 is 10.5 Å². The molecular formula is C19H21N5O3. The number of carbonyl (C=O) groups is 1. The van der Waals surface area contributed by atoms with Crippen LogP contribution in [0.5, 0.6) is 0 Å². The maximum atomic E-state index is 12.9. The fourth-order valence-corrected chi connectivity index (χ4v) is 3.54. The molecule has 0 aliphatic carbocycles. The third-order valence-electron chi connectivity index (χ3n) is 5.02. The molecule has 0 N–H and O–H groups in total. The van der Waals surface area contributed by atoms with Gasteiger partial charge in [0.05, 0.1) is 0 Å². The summed E-state index contributed by atoms with van der Waals surface area (Å²) in [6.07, 6.45) is 1.35. The van der Waals surface area contributed by atoms with Crippen LogP contribution in [0.4, 0.5) is 5.69 Å². The molecule has 1 aliphatic rings. The smallest absolute Gasteiger partial charge is 0.277 e.